The molecule has 0 radical (unpaired) electrons. The van der Waals surface area contributed by atoms with Crippen LogP contribution in [-0.4, -0.2) is 29.6 Å². The second kappa shape index (κ2) is 6.73. The van der Waals surface area contributed by atoms with E-state index in [0.29, 0.717) is 6.04 Å². The van der Waals surface area contributed by atoms with Gasteiger partial charge in [0.05, 0.1) is 0 Å². The van der Waals surface area contributed by atoms with E-state index in [1.807, 2.05) is 7.05 Å². The number of nitrogens with zero attached hydrogens (tertiary/aromatic N) is 3. The van der Waals surface area contributed by atoms with E-state index in [9.17, 15) is 0 Å². The van der Waals surface area contributed by atoms with Gasteiger partial charge in [-0.25, -0.2) is 9.97 Å². The SMILES string of the molecule is CCc1c(NC)ncnc1N1CCCCCC1CC. The quantitative estimate of drug-likeness (QED) is 0.904. The van der Waals surface area contributed by atoms with Crippen molar-refractivity contribution in [3.63, 3.8) is 0 Å². The topological polar surface area (TPSA) is 41.1 Å². The summed E-state index contributed by atoms with van der Waals surface area (Å²) in [7, 11) is 1.94. The minimum atomic E-state index is 0.632. The van der Waals surface area contributed by atoms with Gasteiger partial charge in [-0.1, -0.05) is 26.7 Å². The van der Waals surface area contributed by atoms with Crippen LogP contribution in [0, 0.1) is 0 Å². The van der Waals surface area contributed by atoms with Crippen LogP contribution in [0.25, 0.3) is 0 Å². The lowest BCUT2D eigenvalue weighted by Crippen LogP contribution is -2.36. The summed E-state index contributed by atoms with van der Waals surface area (Å²) in [5.41, 5.74) is 1.25. The van der Waals surface area contributed by atoms with E-state index in [4.69, 9.17) is 0 Å². The Labute approximate surface area is 116 Å². The highest BCUT2D eigenvalue weighted by molar-refractivity contribution is 5.59. The Kier molecular flexibility index (Phi) is 5.00. The molecular formula is C15H26N4. The summed E-state index contributed by atoms with van der Waals surface area (Å²) in [4.78, 5) is 11.5. The summed E-state index contributed by atoms with van der Waals surface area (Å²) >= 11 is 0. The molecule has 1 aliphatic heterocycles. The molecule has 0 aromatic carbocycles. The average Bonchev–Trinajstić information content (AvgIpc) is 2.71. The molecule has 2 rings (SSSR count). The first-order chi connectivity index (χ1) is 9.31. The van der Waals surface area contributed by atoms with Crippen molar-refractivity contribution in [3.8, 4) is 0 Å². The normalized spacial score (nSPS) is 20.2. The van der Waals surface area contributed by atoms with E-state index in [2.05, 4.69) is 34.0 Å². The van der Waals surface area contributed by atoms with Gasteiger partial charge in [0.25, 0.3) is 0 Å². The van der Waals surface area contributed by atoms with Gasteiger partial charge in [0.2, 0.25) is 0 Å². The Morgan fingerprint density at radius 3 is 2.79 bits per heavy atom. The monoisotopic (exact) mass is 262 g/mol. The zero-order valence-electron chi connectivity index (χ0n) is 12.4. The molecule has 106 valence electrons. The number of aromatic nitrogens is 2. The molecule has 2 heterocycles. The Bertz CT molecular complexity index is 405. The number of rotatable bonds is 4. The molecule has 0 aliphatic carbocycles. The van der Waals surface area contributed by atoms with Crippen LogP contribution in [0.3, 0.4) is 0 Å². The zero-order chi connectivity index (χ0) is 13.7. The molecular weight excluding hydrogens is 236 g/mol. The Morgan fingerprint density at radius 2 is 2.11 bits per heavy atom. The van der Waals surface area contributed by atoms with Gasteiger partial charge in [-0.05, 0) is 25.7 Å². The molecule has 4 heteroatoms. The van der Waals surface area contributed by atoms with Crippen molar-refractivity contribution in [2.24, 2.45) is 0 Å². The summed E-state index contributed by atoms with van der Waals surface area (Å²) in [6.45, 7) is 5.60. The van der Waals surface area contributed by atoms with Crippen LogP contribution in [-0.2, 0) is 6.42 Å². The van der Waals surface area contributed by atoms with E-state index in [1.165, 1.54) is 37.7 Å². The van der Waals surface area contributed by atoms with E-state index in [0.717, 1.165) is 24.6 Å². The fourth-order valence-electron chi connectivity index (χ4n) is 3.07. The van der Waals surface area contributed by atoms with Crippen LogP contribution in [0.2, 0.25) is 0 Å². The fourth-order valence-corrected chi connectivity index (χ4v) is 3.07. The van der Waals surface area contributed by atoms with Crippen molar-refractivity contribution in [2.45, 2.75) is 58.4 Å². The Balaban J connectivity index is 2.37. The lowest BCUT2D eigenvalue weighted by molar-refractivity contribution is 0.550. The van der Waals surface area contributed by atoms with Gasteiger partial charge in [-0.15, -0.1) is 0 Å². The first-order valence-electron chi connectivity index (χ1n) is 7.60. The number of hydrogen-bond donors (Lipinski definition) is 1. The van der Waals surface area contributed by atoms with Crippen molar-refractivity contribution in [1.29, 1.82) is 0 Å². The number of nitrogens with one attached hydrogen (secondary N) is 1. The van der Waals surface area contributed by atoms with Crippen molar-refractivity contribution >= 4 is 11.6 Å². The third-order valence-corrected chi connectivity index (χ3v) is 4.13. The maximum Gasteiger partial charge on any atom is 0.137 e. The summed E-state index contributed by atoms with van der Waals surface area (Å²) in [6.07, 6.45) is 9.12. The third-order valence-electron chi connectivity index (χ3n) is 4.13. The first kappa shape index (κ1) is 14.1. The highest BCUT2D eigenvalue weighted by Crippen LogP contribution is 2.29. The molecule has 1 aromatic heterocycles. The molecule has 1 N–H and O–H groups in total. The molecule has 19 heavy (non-hydrogen) atoms. The summed E-state index contributed by atoms with van der Waals surface area (Å²) < 4.78 is 0. The highest BCUT2D eigenvalue weighted by Gasteiger charge is 2.23. The van der Waals surface area contributed by atoms with Gasteiger partial charge < -0.3 is 10.2 Å². The van der Waals surface area contributed by atoms with E-state index >= 15 is 0 Å². The largest absolute Gasteiger partial charge is 0.373 e. The third kappa shape index (κ3) is 2.99. The summed E-state index contributed by atoms with van der Waals surface area (Å²) in [5.74, 6) is 2.13. The Morgan fingerprint density at radius 1 is 1.26 bits per heavy atom. The second-order valence-electron chi connectivity index (χ2n) is 5.23. The maximum absolute atomic E-state index is 4.60. The van der Waals surface area contributed by atoms with Gasteiger partial charge in [0.1, 0.15) is 18.0 Å². The van der Waals surface area contributed by atoms with Crippen molar-refractivity contribution in [3.05, 3.63) is 11.9 Å². The maximum atomic E-state index is 4.60. The van der Waals surface area contributed by atoms with Gasteiger partial charge in [-0.2, -0.15) is 0 Å². The number of anilines is 2. The van der Waals surface area contributed by atoms with E-state index in [1.54, 1.807) is 6.33 Å². The van der Waals surface area contributed by atoms with Crippen LogP contribution in [0.4, 0.5) is 11.6 Å². The molecule has 1 aliphatic rings. The second-order valence-corrected chi connectivity index (χ2v) is 5.23. The molecule has 1 aromatic rings. The molecule has 1 saturated heterocycles. The van der Waals surface area contributed by atoms with Gasteiger partial charge in [0.15, 0.2) is 0 Å². The van der Waals surface area contributed by atoms with Gasteiger partial charge >= 0.3 is 0 Å². The Hall–Kier alpha value is -1.32. The van der Waals surface area contributed by atoms with Crippen LogP contribution in [0.5, 0.6) is 0 Å². The predicted octanol–water partition coefficient (Wildman–Crippen LogP) is 3.24. The molecule has 1 unspecified atom stereocenters. The minimum absolute atomic E-state index is 0.632. The van der Waals surface area contributed by atoms with Crippen LogP contribution < -0.4 is 10.2 Å². The van der Waals surface area contributed by atoms with E-state index < -0.39 is 0 Å². The van der Waals surface area contributed by atoms with Crippen LogP contribution in [0.1, 0.15) is 51.5 Å². The highest BCUT2D eigenvalue weighted by atomic mass is 15.2. The van der Waals surface area contributed by atoms with Crippen LogP contribution in [0.15, 0.2) is 6.33 Å². The summed E-state index contributed by atoms with van der Waals surface area (Å²) in [5, 5.41) is 3.20. The van der Waals surface area contributed by atoms with Gasteiger partial charge in [0, 0.05) is 25.2 Å². The summed E-state index contributed by atoms with van der Waals surface area (Å²) in [6, 6.07) is 0.632. The lowest BCUT2D eigenvalue weighted by atomic mass is 10.1. The predicted molar refractivity (Wildman–Crippen MR) is 80.8 cm³/mol. The van der Waals surface area contributed by atoms with Gasteiger partial charge in [-0.3, -0.25) is 0 Å². The average molecular weight is 262 g/mol. The molecule has 0 spiro atoms. The lowest BCUT2D eigenvalue weighted by Gasteiger charge is -2.32. The van der Waals surface area contributed by atoms with Crippen LogP contribution >= 0.6 is 0 Å². The molecule has 1 fully saturated rings. The molecule has 4 nitrogen and oxygen atoms in total. The standard InChI is InChI=1S/C15H26N4/c1-4-12-9-7-6-8-10-19(12)15-13(5-2)14(16-3)17-11-18-15/h11-12H,4-10H2,1-3H3,(H,16,17,18). The first-order valence-corrected chi connectivity index (χ1v) is 7.60. The van der Waals surface area contributed by atoms with E-state index in [-0.39, 0.29) is 0 Å². The minimum Gasteiger partial charge on any atom is -0.373 e. The zero-order valence-corrected chi connectivity index (χ0v) is 12.4. The van der Waals surface area contributed by atoms with Crippen molar-refractivity contribution in [2.75, 3.05) is 23.8 Å². The molecule has 0 amide bonds. The van der Waals surface area contributed by atoms with Crippen molar-refractivity contribution < 1.29 is 0 Å². The van der Waals surface area contributed by atoms with Crippen molar-refractivity contribution in [1.82, 2.24) is 9.97 Å². The smallest absolute Gasteiger partial charge is 0.137 e. The molecule has 0 saturated carbocycles. The molecule has 0 bridgehead atoms. The number of hydrogen-bond acceptors (Lipinski definition) is 4. The fraction of sp³-hybridized carbons (Fsp3) is 0.733. The molecule has 1 atom stereocenters.